The van der Waals surface area contributed by atoms with Gasteiger partial charge < -0.3 is 10.2 Å². The van der Waals surface area contributed by atoms with Crippen LogP contribution in [0, 0.1) is 11.3 Å². The van der Waals surface area contributed by atoms with E-state index in [-0.39, 0.29) is 11.6 Å². The van der Waals surface area contributed by atoms with E-state index < -0.39 is 12.2 Å². The topological polar surface area (TPSA) is 108 Å². The summed E-state index contributed by atoms with van der Waals surface area (Å²) in [4.78, 5) is 0. The molecule has 98 valence electrons. The third kappa shape index (κ3) is 3.06. The third-order valence-corrected chi connectivity index (χ3v) is 2.66. The van der Waals surface area contributed by atoms with E-state index in [1.165, 1.54) is 17.1 Å². The Bertz CT molecular complexity index is 592. The van der Waals surface area contributed by atoms with Crippen LogP contribution >= 0.6 is 11.6 Å². The lowest BCUT2D eigenvalue weighted by Crippen LogP contribution is -2.16. The van der Waals surface area contributed by atoms with E-state index in [9.17, 15) is 10.2 Å². The van der Waals surface area contributed by atoms with Crippen LogP contribution < -0.4 is 0 Å². The van der Waals surface area contributed by atoms with Gasteiger partial charge >= 0.3 is 0 Å². The molecule has 19 heavy (non-hydrogen) atoms. The highest BCUT2D eigenvalue weighted by molar-refractivity contribution is 6.29. The molecule has 0 amide bonds. The Labute approximate surface area is 113 Å². The summed E-state index contributed by atoms with van der Waals surface area (Å²) >= 11 is 5.62. The molecule has 2 aromatic rings. The fourth-order valence-corrected chi connectivity index (χ4v) is 1.57. The van der Waals surface area contributed by atoms with Crippen molar-refractivity contribution in [2.75, 3.05) is 0 Å². The summed E-state index contributed by atoms with van der Waals surface area (Å²) < 4.78 is 1.39. The average molecular weight is 280 g/mol. The zero-order chi connectivity index (χ0) is 13.8. The second-order valence-corrected chi connectivity index (χ2v) is 4.19. The Balaban J connectivity index is 2.19. The second kappa shape index (κ2) is 5.75. The highest BCUT2D eigenvalue weighted by atomic mass is 35.5. The molecule has 0 aromatic carbocycles. The van der Waals surface area contributed by atoms with Gasteiger partial charge in [-0.05, 0) is 12.1 Å². The molecule has 2 N–H and O–H groups in total. The minimum Gasteiger partial charge on any atom is -0.389 e. The van der Waals surface area contributed by atoms with Crippen LogP contribution in [0.25, 0.3) is 5.82 Å². The van der Waals surface area contributed by atoms with Crippen molar-refractivity contribution < 1.29 is 10.2 Å². The van der Waals surface area contributed by atoms with Crippen molar-refractivity contribution >= 4 is 11.6 Å². The number of aromatic nitrogens is 4. The normalized spacial score (nSPS) is 13.8. The molecule has 2 heterocycles. The molecule has 0 aliphatic carbocycles. The van der Waals surface area contributed by atoms with Crippen molar-refractivity contribution in [3.63, 3.8) is 0 Å². The Morgan fingerprint density at radius 2 is 2.16 bits per heavy atom. The first kappa shape index (κ1) is 13.4. The summed E-state index contributed by atoms with van der Waals surface area (Å²) in [5.41, 5.74) is 0.388. The van der Waals surface area contributed by atoms with Crippen molar-refractivity contribution in [1.29, 1.82) is 5.26 Å². The summed E-state index contributed by atoms with van der Waals surface area (Å²) in [7, 11) is 0. The zero-order valence-corrected chi connectivity index (χ0v) is 10.4. The van der Waals surface area contributed by atoms with Crippen LogP contribution in [-0.2, 0) is 0 Å². The molecule has 0 aliphatic rings. The Hall–Kier alpha value is -2.01. The van der Waals surface area contributed by atoms with E-state index in [2.05, 4.69) is 15.3 Å². The quantitative estimate of drug-likeness (QED) is 0.849. The Kier molecular flexibility index (Phi) is 4.06. The first-order valence-corrected chi connectivity index (χ1v) is 5.77. The molecule has 2 unspecified atom stereocenters. The van der Waals surface area contributed by atoms with E-state index in [1.807, 2.05) is 0 Å². The summed E-state index contributed by atoms with van der Waals surface area (Å²) in [5, 5.41) is 39.6. The molecule has 0 aliphatic heterocycles. The number of nitrogens with zero attached hydrogens (tertiary/aromatic N) is 5. The first-order valence-electron chi connectivity index (χ1n) is 5.39. The standard InChI is InChI=1S/C11H10ClN5O2/c12-9-1-2-10(16-15-9)17-6-7(5-14-17)11(19)8(18)3-4-13/h1-2,5-6,8,11,18-19H,3H2. The fraction of sp³-hybridized carbons (Fsp3) is 0.273. The number of hydrogen-bond donors (Lipinski definition) is 2. The first-order chi connectivity index (χ1) is 9.11. The second-order valence-electron chi connectivity index (χ2n) is 3.81. The van der Waals surface area contributed by atoms with Gasteiger partial charge in [0.1, 0.15) is 6.10 Å². The van der Waals surface area contributed by atoms with E-state index in [0.717, 1.165) is 0 Å². The van der Waals surface area contributed by atoms with Crippen LogP contribution in [0.1, 0.15) is 18.1 Å². The highest BCUT2D eigenvalue weighted by Crippen LogP contribution is 2.19. The van der Waals surface area contributed by atoms with Crippen molar-refractivity contribution in [2.24, 2.45) is 0 Å². The van der Waals surface area contributed by atoms with Gasteiger partial charge in [-0.25, -0.2) is 4.68 Å². The summed E-state index contributed by atoms with van der Waals surface area (Å²) in [5.74, 6) is 0.428. The van der Waals surface area contributed by atoms with Crippen molar-refractivity contribution in [2.45, 2.75) is 18.6 Å². The van der Waals surface area contributed by atoms with E-state index >= 15 is 0 Å². The van der Waals surface area contributed by atoms with E-state index in [4.69, 9.17) is 16.9 Å². The van der Waals surface area contributed by atoms with Crippen LogP contribution in [0.3, 0.4) is 0 Å². The van der Waals surface area contributed by atoms with Crippen molar-refractivity contribution in [3.05, 3.63) is 35.2 Å². The zero-order valence-electron chi connectivity index (χ0n) is 9.68. The predicted octanol–water partition coefficient (Wildman–Crippen LogP) is 0.624. The van der Waals surface area contributed by atoms with Gasteiger partial charge in [-0.15, -0.1) is 10.2 Å². The van der Waals surface area contributed by atoms with Crippen LogP contribution in [0.4, 0.5) is 0 Å². The monoisotopic (exact) mass is 279 g/mol. The summed E-state index contributed by atoms with van der Waals surface area (Å²) in [6.45, 7) is 0. The maximum Gasteiger partial charge on any atom is 0.175 e. The Morgan fingerprint density at radius 3 is 2.79 bits per heavy atom. The minimum atomic E-state index is -1.17. The van der Waals surface area contributed by atoms with Gasteiger partial charge in [0.15, 0.2) is 11.0 Å². The van der Waals surface area contributed by atoms with Crippen LogP contribution in [0.15, 0.2) is 24.5 Å². The molecular formula is C11H10ClN5O2. The lowest BCUT2D eigenvalue weighted by molar-refractivity contribution is 0.0216. The average Bonchev–Trinajstić information content (AvgIpc) is 2.88. The van der Waals surface area contributed by atoms with Gasteiger partial charge in [0.05, 0.1) is 24.8 Å². The molecule has 0 spiro atoms. The van der Waals surface area contributed by atoms with Gasteiger partial charge in [0.25, 0.3) is 0 Å². The fourth-order valence-electron chi connectivity index (χ4n) is 1.47. The molecule has 0 radical (unpaired) electrons. The number of nitriles is 1. The van der Waals surface area contributed by atoms with Crippen molar-refractivity contribution in [1.82, 2.24) is 20.0 Å². The molecule has 0 fully saturated rings. The van der Waals surface area contributed by atoms with Gasteiger partial charge in [0.2, 0.25) is 0 Å². The highest BCUT2D eigenvalue weighted by Gasteiger charge is 2.20. The molecule has 7 nitrogen and oxygen atoms in total. The smallest absolute Gasteiger partial charge is 0.175 e. The molecule has 0 saturated heterocycles. The van der Waals surface area contributed by atoms with Crippen molar-refractivity contribution in [3.8, 4) is 11.9 Å². The number of halogens is 1. The number of aliphatic hydroxyl groups is 2. The predicted molar refractivity (Wildman–Crippen MR) is 65.4 cm³/mol. The van der Waals surface area contributed by atoms with Gasteiger partial charge in [-0.3, -0.25) is 0 Å². The van der Waals surface area contributed by atoms with Gasteiger partial charge in [0, 0.05) is 11.8 Å². The third-order valence-electron chi connectivity index (χ3n) is 2.46. The summed E-state index contributed by atoms with van der Waals surface area (Å²) in [6.07, 6.45) is 0.408. The maximum absolute atomic E-state index is 9.81. The van der Waals surface area contributed by atoms with Gasteiger partial charge in [-0.1, -0.05) is 11.6 Å². The maximum atomic E-state index is 9.81. The number of hydrogen-bond acceptors (Lipinski definition) is 6. The Morgan fingerprint density at radius 1 is 1.37 bits per heavy atom. The molecule has 2 aromatic heterocycles. The molecule has 0 bridgehead atoms. The van der Waals surface area contributed by atoms with Crippen LogP contribution in [0.5, 0.6) is 0 Å². The molecule has 2 atom stereocenters. The number of aliphatic hydroxyl groups excluding tert-OH is 2. The van der Waals surface area contributed by atoms with Crippen LogP contribution in [-0.4, -0.2) is 36.3 Å². The molecular weight excluding hydrogens is 270 g/mol. The molecule has 2 rings (SSSR count). The molecule has 0 saturated carbocycles. The number of rotatable bonds is 4. The largest absolute Gasteiger partial charge is 0.389 e. The van der Waals surface area contributed by atoms with E-state index in [1.54, 1.807) is 18.2 Å². The lowest BCUT2D eigenvalue weighted by Gasteiger charge is -2.12. The lowest BCUT2D eigenvalue weighted by atomic mass is 10.1. The van der Waals surface area contributed by atoms with Crippen LogP contribution in [0.2, 0.25) is 5.15 Å². The van der Waals surface area contributed by atoms with E-state index in [0.29, 0.717) is 11.4 Å². The minimum absolute atomic E-state index is 0.160. The summed E-state index contributed by atoms with van der Waals surface area (Å²) in [6, 6.07) is 4.97. The van der Waals surface area contributed by atoms with Gasteiger partial charge in [-0.2, -0.15) is 10.4 Å². The molecule has 8 heteroatoms. The SMILES string of the molecule is N#CCC(O)C(O)c1cnn(-c2ccc(Cl)nn2)c1.